The lowest BCUT2D eigenvalue weighted by Gasteiger charge is -2.48. The Morgan fingerprint density at radius 1 is 1.08 bits per heavy atom. The fourth-order valence-corrected chi connectivity index (χ4v) is 5.49. The van der Waals surface area contributed by atoms with Crippen LogP contribution in [0.15, 0.2) is 48.5 Å². The lowest BCUT2D eigenvalue weighted by molar-refractivity contribution is -0.152. The number of benzene rings is 2. The van der Waals surface area contributed by atoms with Gasteiger partial charge in [0.2, 0.25) is 0 Å². The third-order valence-electron chi connectivity index (χ3n) is 7.55. The Morgan fingerprint density at radius 3 is 2.27 bits per heavy atom. The molecule has 0 aromatic heterocycles. The molecule has 0 radical (unpaired) electrons. The number of carbonyl (C=O) groups excluding carboxylic acids is 2. The lowest BCUT2D eigenvalue weighted by atomic mass is 9.92. The van der Waals surface area contributed by atoms with Crippen LogP contribution in [0.1, 0.15) is 49.5 Å². The third-order valence-corrected chi connectivity index (χ3v) is 7.86. The summed E-state index contributed by atoms with van der Waals surface area (Å²) in [6.45, 7) is 9.98. The lowest BCUT2D eigenvalue weighted by Crippen LogP contribution is -2.61. The van der Waals surface area contributed by atoms with Gasteiger partial charge in [0.1, 0.15) is 0 Å². The molecule has 2 amide bonds. The van der Waals surface area contributed by atoms with Crippen LogP contribution < -0.4 is 5.32 Å². The van der Waals surface area contributed by atoms with Gasteiger partial charge in [-0.15, -0.1) is 0 Å². The van der Waals surface area contributed by atoms with Crippen LogP contribution in [0.2, 0.25) is 5.02 Å². The number of hydrogen-bond donors (Lipinski definition) is 2. The first-order chi connectivity index (χ1) is 17.2. The Hall–Kier alpha value is -2.26. The van der Waals surface area contributed by atoms with Gasteiger partial charge in [-0.2, -0.15) is 13.5 Å². The van der Waals surface area contributed by atoms with E-state index in [9.17, 15) is 14.7 Å². The molecule has 2 aromatic rings. The number of halogens is 1. The number of anilines is 1. The summed E-state index contributed by atoms with van der Waals surface area (Å²) in [6, 6.07) is 15.5. The number of aliphatic hydroxyl groups is 1. The molecule has 4 rings (SSSR count). The van der Waals surface area contributed by atoms with Crippen LogP contribution >= 0.6 is 25.1 Å². The summed E-state index contributed by atoms with van der Waals surface area (Å²) in [5.41, 5.74) is 0.574. The van der Waals surface area contributed by atoms with Gasteiger partial charge in [-0.25, -0.2) is 0 Å². The van der Waals surface area contributed by atoms with Crippen LogP contribution in [0.5, 0.6) is 0 Å². The van der Waals surface area contributed by atoms with Crippen molar-refractivity contribution in [1.29, 1.82) is 0 Å². The number of piperidine rings is 1. The van der Waals surface area contributed by atoms with Crippen molar-refractivity contribution in [3.05, 3.63) is 64.7 Å². The SMILES string of the molecule is CCN(CC)C(=O)c1ccc(NC2CN(C3CCN(C(=O)[C@@](C)(O)c4ccccc4)CC3)C2)cc1Cl.S. The van der Waals surface area contributed by atoms with Gasteiger partial charge in [0.25, 0.3) is 11.8 Å². The highest BCUT2D eigenvalue weighted by molar-refractivity contribution is 7.59. The summed E-state index contributed by atoms with van der Waals surface area (Å²) in [5.74, 6) is -0.267. The van der Waals surface area contributed by atoms with E-state index in [1.54, 1.807) is 34.9 Å². The summed E-state index contributed by atoms with van der Waals surface area (Å²) in [6.07, 6.45) is 1.80. The van der Waals surface area contributed by atoms with Crippen LogP contribution in [-0.2, 0) is 10.4 Å². The van der Waals surface area contributed by atoms with Gasteiger partial charge < -0.3 is 20.2 Å². The highest BCUT2D eigenvalue weighted by Gasteiger charge is 2.40. The number of carbonyl (C=O) groups is 2. The van der Waals surface area contributed by atoms with Crippen molar-refractivity contribution < 1.29 is 14.7 Å². The topological polar surface area (TPSA) is 76.1 Å². The summed E-state index contributed by atoms with van der Waals surface area (Å²) >= 11 is 6.44. The van der Waals surface area contributed by atoms with Crippen molar-refractivity contribution in [2.24, 2.45) is 0 Å². The minimum absolute atomic E-state index is 0. The predicted molar refractivity (Wildman–Crippen MR) is 154 cm³/mol. The van der Waals surface area contributed by atoms with Crippen molar-refractivity contribution in [1.82, 2.24) is 14.7 Å². The number of nitrogens with one attached hydrogen (secondary N) is 1. The zero-order valence-electron chi connectivity index (χ0n) is 21.9. The molecular formula is C28H39ClN4O3S. The quantitative estimate of drug-likeness (QED) is 0.525. The van der Waals surface area contributed by atoms with E-state index in [0.717, 1.165) is 31.6 Å². The van der Waals surface area contributed by atoms with Crippen molar-refractivity contribution in [3.8, 4) is 0 Å². The van der Waals surface area contributed by atoms with E-state index in [1.807, 2.05) is 44.2 Å². The number of rotatable bonds is 8. The zero-order valence-corrected chi connectivity index (χ0v) is 23.7. The molecule has 2 saturated heterocycles. The molecule has 2 fully saturated rings. The molecular weight excluding hydrogens is 508 g/mol. The first-order valence-corrected chi connectivity index (χ1v) is 13.3. The Labute approximate surface area is 232 Å². The number of amides is 2. The first kappa shape index (κ1) is 29.3. The summed E-state index contributed by atoms with van der Waals surface area (Å²) in [4.78, 5) is 31.6. The average molecular weight is 547 g/mol. The molecule has 2 aliphatic rings. The second-order valence-electron chi connectivity index (χ2n) is 9.93. The van der Waals surface area contributed by atoms with E-state index in [2.05, 4.69) is 10.2 Å². The number of likely N-dealkylation sites (tertiary alicyclic amines) is 2. The second kappa shape index (κ2) is 12.5. The molecule has 1 atom stereocenters. The largest absolute Gasteiger partial charge is 0.380 e. The van der Waals surface area contributed by atoms with Crippen LogP contribution in [0, 0.1) is 0 Å². The van der Waals surface area contributed by atoms with E-state index < -0.39 is 5.60 Å². The molecule has 37 heavy (non-hydrogen) atoms. The summed E-state index contributed by atoms with van der Waals surface area (Å²) < 4.78 is 0. The highest BCUT2D eigenvalue weighted by atomic mass is 35.5. The van der Waals surface area contributed by atoms with Gasteiger partial charge >= 0.3 is 0 Å². The molecule has 2 aliphatic heterocycles. The molecule has 2 N–H and O–H groups in total. The van der Waals surface area contributed by atoms with Crippen LogP contribution in [-0.4, -0.2) is 83.0 Å². The van der Waals surface area contributed by atoms with Gasteiger partial charge in [0.05, 0.1) is 16.6 Å². The average Bonchev–Trinajstić information content (AvgIpc) is 2.87. The first-order valence-electron chi connectivity index (χ1n) is 12.9. The molecule has 0 aliphatic carbocycles. The molecule has 202 valence electrons. The number of nitrogens with zero attached hydrogens (tertiary/aromatic N) is 3. The maximum absolute atomic E-state index is 13.0. The third kappa shape index (κ3) is 6.42. The van der Waals surface area contributed by atoms with Gasteiger partial charge in [-0.3, -0.25) is 14.5 Å². The molecule has 0 bridgehead atoms. The highest BCUT2D eigenvalue weighted by Crippen LogP contribution is 2.29. The zero-order chi connectivity index (χ0) is 25.9. The van der Waals surface area contributed by atoms with Crippen LogP contribution in [0.25, 0.3) is 0 Å². The van der Waals surface area contributed by atoms with Crippen molar-refractivity contribution in [2.75, 3.05) is 44.6 Å². The van der Waals surface area contributed by atoms with Crippen LogP contribution in [0.4, 0.5) is 5.69 Å². The molecule has 2 aromatic carbocycles. The maximum atomic E-state index is 13.0. The van der Waals surface area contributed by atoms with Crippen molar-refractivity contribution in [3.63, 3.8) is 0 Å². The monoisotopic (exact) mass is 546 g/mol. The van der Waals surface area contributed by atoms with Crippen molar-refractivity contribution >= 4 is 42.6 Å². The minimum atomic E-state index is -1.51. The van der Waals surface area contributed by atoms with E-state index in [1.165, 1.54) is 0 Å². The number of hydrogen-bond acceptors (Lipinski definition) is 5. The molecule has 7 nitrogen and oxygen atoms in total. The molecule has 0 saturated carbocycles. The Kier molecular flexibility index (Phi) is 9.92. The molecule has 0 unspecified atom stereocenters. The van der Waals surface area contributed by atoms with Gasteiger partial charge in [-0.1, -0.05) is 41.9 Å². The van der Waals surface area contributed by atoms with E-state index in [4.69, 9.17) is 11.6 Å². The molecule has 0 spiro atoms. The Bertz CT molecular complexity index is 1070. The minimum Gasteiger partial charge on any atom is -0.380 e. The maximum Gasteiger partial charge on any atom is 0.258 e. The predicted octanol–water partition coefficient (Wildman–Crippen LogP) is 3.93. The smallest absolute Gasteiger partial charge is 0.258 e. The molecule has 9 heteroatoms. The van der Waals surface area contributed by atoms with Crippen molar-refractivity contribution in [2.45, 2.75) is 51.3 Å². The summed E-state index contributed by atoms with van der Waals surface area (Å²) in [5, 5.41) is 14.9. The van der Waals surface area contributed by atoms with Gasteiger partial charge in [0, 0.05) is 51.0 Å². The van der Waals surface area contributed by atoms with Gasteiger partial charge in [0.15, 0.2) is 5.60 Å². The Balaban J connectivity index is 0.00000380. The van der Waals surface area contributed by atoms with E-state index in [-0.39, 0.29) is 25.3 Å². The Morgan fingerprint density at radius 2 is 1.70 bits per heavy atom. The van der Waals surface area contributed by atoms with Crippen LogP contribution in [0.3, 0.4) is 0 Å². The van der Waals surface area contributed by atoms with Gasteiger partial charge in [-0.05, 0) is 57.4 Å². The summed E-state index contributed by atoms with van der Waals surface area (Å²) in [7, 11) is 0. The molecule has 2 heterocycles. The second-order valence-corrected chi connectivity index (χ2v) is 10.3. The standard InChI is InChI=1S/C28H37ClN4O3.H2S/c1-4-31(5-2)26(34)24-12-11-21(17-25(24)29)30-22-18-33(19-22)23-13-15-32(16-14-23)27(35)28(3,36)20-9-7-6-8-10-20;/h6-12,17,22-23,30,36H,4-5,13-16,18-19H2,1-3H3;1H2/t28-;/m0./s1. The fraction of sp³-hybridized carbons (Fsp3) is 0.500. The fourth-order valence-electron chi connectivity index (χ4n) is 5.23. The van der Waals surface area contributed by atoms with E-state index >= 15 is 0 Å². The van der Waals surface area contributed by atoms with E-state index in [0.29, 0.717) is 54.4 Å². The normalized spacial score (nSPS) is 18.4.